The van der Waals surface area contributed by atoms with Crippen LogP contribution < -0.4 is 15.4 Å². The molecule has 0 saturated heterocycles. The largest absolute Gasteiger partial charge is 0.491 e. The van der Waals surface area contributed by atoms with Crippen LogP contribution in [0.25, 0.3) is 10.8 Å². The number of benzene rings is 1. The Morgan fingerprint density at radius 1 is 1.21 bits per heavy atom. The van der Waals surface area contributed by atoms with Crippen molar-refractivity contribution in [3.05, 3.63) is 58.8 Å². The first-order valence-electron chi connectivity index (χ1n) is 9.33. The Hall–Kier alpha value is -2.84. The predicted molar refractivity (Wildman–Crippen MR) is 115 cm³/mol. The number of ether oxygens (including phenoxy) is 2. The van der Waals surface area contributed by atoms with E-state index in [-0.39, 0.29) is 0 Å². The summed E-state index contributed by atoms with van der Waals surface area (Å²) in [6, 6.07) is 10.1. The van der Waals surface area contributed by atoms with Crippen LogP contribution in [0.2, 0.25) is 0 Å². The minimum atomic E-state index is 0.513. The second-order valence-corrected chi connectivity index (χ2v) is 7.30. The number of hydrogen-bond acceptors (Lipinski definition) is 6. The van der Waals surface area contributed by atoms with Gasteiger partial charge in [0.2, 0.25) is 5.89 Å². The molecule has 2 heterocycles. The van der Waals surface area contributed by atoms with Crippen molar-refractivity contribution in [3.63, 3.8) is 0 Å². The summed E-state index contributed by atoms with van der Waals surface area (Å²) in [6.07, 6.45) is 1.66. The summed E-state index contributed by atoms with van der Waals surface area (Å²) < 4.78 is 16.5. The molecule has 0 fully saturated rings. The van der Waals surface area contributed by atoms with Gasteiger partial charge in [0.25, 0.3) is 0 Å². The first-order valence-corrected chi connectivity index (χ1v) is 10.2. The number of methoxy groups -OCH3 is 1. The van der Waals surface area contributed by atoms with Gasteiger partial charge in [-0.25, -0.2) is 4.98 Å². The summed E-state index contributed by atoms with van der Waals surface area (Å²) in [6.45, 7) is 4.21. The van der Waals surface area contributed by atoms with Crippen LogP contribution in [0, 0.1) is 6.92 Å². The Balaban J connectivity index is 1.54. The predicted octanol–water partition coefficient (Wildman–Crippen LogP) is 3.60. The molecule has 3 rings (SSSR count). The highest BCUT2D eigenvalue weighted by Crippen LogP contribution is 2.23. The van der Waals surface area contributed by atoms with Crippen molar-refractivity contribution < 1.29 is 13.9 Å². The fourth-order valence-corrected chi connectivity index (χ4v) is 3.31. The number of rotatable bonds is 9. The maximum Gasteiger partial charge on any atom is 0.236 e. The second kappa shape index (κ2) is 10.6. The van der Waals surface area contributed by atoms with Gasteiger partial charge >= 0.3 is 0 Å². The number of nitrogens with one attached hydrogen (secondary N) is 2. The standard InChI is InChI=1S/C21H26N4O3S/c1-15-6-7-16(18(11-15)27-9-8-26-3)12-23-21(22-2)24-13-17-14-28-20(25-17)19-5-4-10-29-19/h4-7,10-11,14H,8-9,12-13H2,1-3H3,(H2,22,23,24). The van der Waals surface area contributed by atoms with E-state index >= 15 is 0 Å². The smallest absolute Gasteiger partial charge is 0.236 e. The normalized spacial score (nSPS) is 11.5. The molecule has 0 radical (unpaired) electrons. The van der Waals surface area contributed by atoms with Crippen molar-refractivity contribution in [2.45, 2.75) is 20.0 Å². The van der Waals surface area contributed by atoms with Crippen LogP contribution in [0.4, 0.5) is 0 Å². The molecule has 0 aliphatic carbocycles. The summed E-state index contributed by atoms with van der Waals surface area (Å²) in [5.41, 5.74) is 3.02. The Kier molecular flexibility index (Phi) is 7.66. The summed E-state index contributed by atoms with van der Waals surface area (Å²) in [7, 11) is 3.40. The number of oxazole rings is 1. The van der Waals surface area contributed by atoms with E-state index < -0.39 is 0 Å². The highest BCUT2D eigenvalue weighted by atomic mass is 32.1. The van der Waals surface area contributed by atoms with Gasteiger partial charge in [-0.2, -0.15) is 0 Å². The van der Waals surface area contributed by atoms with Crippen molar-refractivity contribution in [2.75, 3.05) is 27.4 Å². The minimum absolute atomic E-state index is 0.513. The molecule has 0 unspecified atom stereocenters. The van der Waals surface area contributed by atoms with Gasteiger partial charge in [-0.05, 0) is 30.0 Å². The second-order valence-electron chi connectivity index (χ2n) is 6.35. The van der Waals surface area contributed by atoms with E-state index in [0.717, 1.165) is 27.4 Å². The molecule has 154 valence electrons. The summed E-state index contributed by atoms with van der Waals surface area (Å²) in [4.78, 5) is 9.80. The van der Waals surface area contributed by atoms with E-state index in [0.29, 0.717) is 38.2 Å². The number of guanidine groups is 1. The molecule has 3 aromatic rings. The monoisotopic (exact) mass is 414 g/mol. The Morgan fingerprint density at radius 2 is 2.07 bits per heavy atom. The van der Waals surface area contributed by atoms with Crippen LogP contribution in [-0.4, -0.2) is 38.3 Å². The van der Waals surface area contributed by atoms with Crippen LogP contribution in [0.15, 0.2) is 51.4 Å². The lowest BCUT2D eigenvalue weighted by Gasteiger charge is -2.15. The van der Waals surface area contributed by atoms with Gasteiger partial charge in [-0.3, -0.25) is 4.99 Å². The van der Waals surface area contributed by atoms with Gasteiger partial charge in [0.05, 0.1) is 23.7 Å². The first kappa shape index (κ1) is 20.9. The molecule has 2 aromatic heterocycles. The van der Waals surface area contributed by atoms with Crippen molar-refractivity contribution >= 4 is 17.3 Å². The van der Waals surface area contributed by atoms with Crippen LogP contribution in [0.5, 0.6) is 5.75 Å². The molecule has 8 heteroatoms. The number of aryl methyl sites for hydroxylation is 1. The van der Waals surface area contributed by atoms with Crippen molar-refractivity contribution in [2.24, 2.45) is 4.99 Å². The molecule has 29 heavy (non-hydrogen) atoms. The van der Waals surface area contributed by atoms with Gasteiger partial charge in [0.1, 0.15) is 18.6 Å². The maximum absolute atomic E-state index is 5.85. The molecule has 0 aliphatic rings. The topological polar surface area (TPSA) is 80.9 Å². The molecule has 0 saturated carbocycles. The minimum Gasteiger partial charge on any atom is -0.491 e. The molecule has 0 bridgehead atoms. The van der Waals surface area contributed by atoms with Crippen LogP contribution in [-0.2, 0) is 17.8 Å². The lowest BCUT2D eigenvalue weighted by molar-refractivity contribution is 0.145. The number of aliphatic imine (C=N–C) groups is 1. The first-order chi connectivity index (χ1) is 14.2. The number of aromatic nitrogens is 1. The Bertz CT molecular complexity index is 922. The van der Waals surface area contributed by atoms with E-state index in [9.17, 15) is 0 Å². The van der Waals surface area contributed by atoms with E-state index in [1.165, 1.54) is 0 Å². The molecular weight excluding hydrogens is 388 g/mol. The average Bonchev–Trinajstić information content (AvgIpc) is 3.41. The van der Waals surface area contributed by atoms with Crippen molar-refractivity contribution in [1.82, 2.24) is 15.6 Å². The number of thiophene rings is 1. The third-order valence-corrected chi connectivity index (χ3v) is 5.02. The average molecular weight is 415 g/mol. The third kappa shape index (κ3) is 6.07. The molecule has 0 spiro atoms. The molecule has 0 aliphatic heterocycles. The van der Waals surface area contributed by atoms with E-state index in [4.69, 9.17) is 13.9 Å². The lowest BCUT2D eigenvalue weighted by Crippen LogP contribution is -2.36. The molecule has 2 N–H and O–H groups in total. The molecule has 7 nitrogen and oxygen atoms in total. The quantitative estimate of drug-likeness (QED) is 0.316. The summed E-state index contributed by atoms with van der Waals surface area (Å²) in [5, 5.41) is 8.57. The number of hydrogen-bond donors (Lipinski definition) is 2. The zero-order valence-corrected chi connectivity index (χ0v) is 17.7. The van der Waals surface area contributed by atoms with E-state index in [1.807, 2.05) is 30.5 Å². The van der Waals surface area contributed by atoms with Gasteiger partial charge in [0, 0.05) is 26.3 Å². The summed E-state index contributed by atoms with van der Waals surface area (Å²) in [5.74, 6) is 2.16. The van der Waals surface area contributed by atoms with Crippen LogP contribution in [0.3, 0.4) is 0 Å². The van der Waals surface area contributed by atoms with Crippen molar-refractivity contribution in [1.29, 1.82) is 0 Å². The van der Waals surface area contributed by atoms with Crippen LogP contribution >= 0.6 is 11.3 Å². The highest BCUT2D eigenvalue weighted by molar-refractivity contribution is 7.13. The Morgan fingerprint density at radius 3 is 2.83 bits per heavy atom. The maximum atomic E-state index is 5.85. The molecule has 0 atom stereocenters. The van der Waals surface area contributed by atoms with Crippen LogP contribution in [0.1, 0.15) is 16.8 Å². The Labute approximate surface area is 174 Å². The zero-order chi connectivity index (χ0) is 20.5. The fourth-order valence-electron chi connectivity index (χ4n) is 2.65. The number of nitrogens with zero attached hydrogens (tertiary/aromatic N) is 2. The highest BCUT2D eigenvalue weighted by Gasteiger charge is 2.09. The van der Waals surface area contributed by atoms with Crippen molar-refractivity contribution in [3.8, 4) is 16.5 Å². The van der Waals surface area contributed by atoms with E-state index in [1.54, 1.807) is 31.8 Å². The molecule has 1 aromatic carbocycles. The molecule has 0 amide bonds. The summed E-state index contributed by atoms with van der Waals surface area (Å²) >= 11 is 1.60. The lowest BCUT2D eigenvalue weighted by atomic mass is 10.1. The van der Waals surface area contributed by atoms with Gasteiger partial charge in [0.15, 0.2) is 5.96 Å². The van der Waals surface area contributed by atoms with Gasteiger partial charge < -0.3 is 24.5 Å². The third-order valence-electron chi connectivity index (χ3n) is 4.16. The fraction of sp³-hybridized carbons (Fsp3) is 0.333. The SMILES string of the molecule is CN=C(NCc1coc(-c2cccs2)n1)NCc1ccc(C)cc1OCCOC. The van der Waals surface area contributed by atoms with Gasteiger partial charge in [-0.1, -0.05) is 18.2 Å². The zero-order valence-electron chi connectivity index (χ0n) is 16.9. The molecular formula is C21H26N4O3S. The van der Waals surface area contributed by atoms with Gasteiger partial charge in [-0.15, -0.1) is 11.3 Å². The van der Waals surface area contributed by atoms with E-state index in [2.05, 4.69) is 32.7 Å².